The molecule has 144 valence electrons. The summed E-state index contributed by atoms with van der Waals surface area (Å²) in [7, 11) is 0. The van der Waals surface area contributed by atoms with E-state index in [1.54, 1.807) is 0 Å². The van der Waals surface area contributed by atoms with Crippen LogP contribution in [0.5, 0.6) is 0 Å². The first-order valence-corrected chi connectivity index (χ1v) is 9.01. The second-order valence-corrected chi connectivity index (χ2v) is 6.19. The van der Waals surface area contributed by atoms with E-state index in [9.17, 15) is 0 Å². The molecule has 1 aliphatic heterocycles. The molecule has 1 unspecified atom stereocenters. The zero-order chi connectivity index (χ0) is 16.8. The van der Waals surface area contributed by atoms with Crippen LogP contribution in [0.1, 0.15) is 40.0 Å². The quantitative estimate of drug-likeness (QED) is 0.204. The topological polar surface area (TPSA) is 64.1 Å². The number of halogens is 1. The molecule has 0 spiro atoms. The molecule has 0 aromatic heterocycles. The van der Waals surface area contributed by atoms with Crippen LogP contribution in [-0.2, 0) is 14.2 Å². The standard InChI is InChI=1S/C17H35N3O3.HI/c1-4-18-17(20-9-13-21-11-6-15(2)3)19-8-5-10-23-16-7-12-22-14-16;/h15-16H,4-14H2,1-3H3,(H2,18,19,20);1H. The third kappa shape index (κ3) is 13.2. The Morgan fingerprint density at radius 2 is 2.08 bits per heavy atom. The third-order valence-electron chi connectivity index (χ3n) is 3.54. The summed E-state index contributed by atoms with van der Waals surface area (Å²) < 4.78 is 16.6. The van der Waals surface area contributed by atoms with Crippen LogP contribution in [0.15, 0.2) is 4.99 Å². The molecule has 0 aromatic rings. The first kappa shape index (κ1) is 23.9. The van der Waals surface area contributed by atoms with Gasteiger partial charge in [-0.05, 0) is 32.1 Å². The van der Waals surface area contributed by atoms with Crippen LogP contribution in [0.4, 0.5) is 0 Å². The number of ether oxygens (including phenoxy) is 3. The van der Waals surface area contributed by atoms with E-state index < -0.39 is 0 Å². The highest BCUT2D eigenvalue weighted by Gasteiger charge is 2.15. The molecule has 6 nitrogen and oxygen atoms in total. The normalized spacial score (nSPS) is 17.8. The molecular weight excluding hydrogens is 421 g/mol. The van der Waals surface area contributed by atoms with E-state index in [1.807, 2.05) is 0 Å². The van der Waals surface area contributed by atoms with Gasteiger partial charge in [0, 0.05) is 39.5 Å². The minimum atomic E-state index is 0. The molecule has 1 fully saturated rings. The summed E-state index contributed by atoms with van der Waals surface area (Å²) in [5.74, 6) is 1.55. The highest BCUT2D eigenvalue weighted by Crippen LogP contribution is 2.08. The van der Waals surface area contributed by atoms with E-state index in [2.05, 4.69) is 36.4 Å². The van der Waals surface area contributed by atoms with Crippen LogP contribution in [-0.4, -0.2) is 64.7 Å². The average Bonchev–Trinajstić information content (AvgIpc) is 3.03. The third-order valence-corrected chi connectivity index (χ3v) is 3.54. The molecule has 0 amide bonds. The molecule has 0 saturated carbocycles. The Kier molecular flexibility index (Phi) is 16.3. The van der Waals surface area contributed by atoms with Crippen molar-refractivity contribution in [3.8, 4) is 0 Å². The molecule has 1 saturated heterocycles. The van der Waals surface area contributed by atoms with Crippen molar-refractivity contribution in [1.29, 1.82) is 0 Å². The fourth-order valence-corrected chi connectivity index (χ4v) is 2.15. The van der Waals surface area contributed by atoms with Crippen molar-refractivity contribution < 1.29 is 14.2 Å². The van der Waals surface area contributed by atoms with E-state index in [4.69, 9.17) is 14.2 Å². The number of hydrogen-bond donors (Lipinski definition) is 2. The maximum atomic E-state index is 5.73. The summed E-state index contributed by atoms with van der Waals surface area (Å²) in [5, 5.41) is 6.54. The molecule has 1 heterocycles. The van der Waals surface area contributed by atoms with Gasteiger partial charge in [0.05, 0.1) is 19.3 Å². The molecule has 7 heteroatoms. The predicted octanol–water partition coefficient (Wildman–Crippen LogP) is 2.42. The Hall–Kier alpha value is -0.120. The van der Waals surface area contributed by atoms with Crippen molar-refractivity contribution >= 4 is 29.9 Å². The first-order valence-electron chi connectivity index (χ1n) is 9.01. The predicted molar refractivity (Wildman–Crippen MR) is 109 cm³/mol. The van der Waals surface area contributed by atoms with Gasteiger partial charge in [-0.15, -0.1) is 24.0 Å². The lowest BCUT2D eigenvalue weighted by Crippen LogP contribution is -2.39. The number of nitrogens with one attached hydrogen (secondary N) is 2. The van der Waals surface area contributed by atoms with Crippen molar-refractivity contribution in [2.45, 2.75) is 46.1 Å². The monoisotopic (exact) mass is 457 g/mol. The number of nitrogens with zero attached hydrogens (tertiary/aromatic N) is 1. The Labute approximate surface area is 164 Å². The van der Waals surface area contributed by atoms with E-state index in [0.29, 0.717) is 12.5 Å². The minimum Gasteiger partial charge on any atom is -0.380 e. The fourth-order valence-electron chi connectivity index (χ4n) is 2.15. The second-order valence-electron chi connectivity index (χ2n) is 6.19. The van der Waals surface area contributed by atoms with Crippen LogP contribution in [0.25, 0.3) is 0 Å². The number of aliphatic imine (C=N–C) groups is 1. The van der Waals surface area contributed by atoms with E-state index >= 15 is 0 Å². The van der Waals surface area contributed by atoms with Crippen molar-refractivity contribution in [3.05, 3.63) is 0 Å². The maximum absolute atomic E-state index is 5.73. The van der Waals surface area contributed by atoms with Crippen LogP contribution in [0, 0.1) is 5.92 Å². The van der Waals surface area contributed by atoms with Gasteiger partial charge in [0.2, 0.25) is 0 Å². The molecule has 24 heavy (non-hydrogen) atoms. The van der Waals surface area contributed by atoms with Gasteiger partial charge in [0.1, 0.15) is 0 Å². The zero-order valence-corrected chi connectivity index (χ0v) is 17.8. The van der Waals surface area contributed by atoms with Crippen molar-refractivity contribution in [2.75, 3.05) is 52.7 Å². The lowest BCUT2D eigenvalue weighted by atomic mass is 10.1. The Bertz CT molecular complexity index is 311. The Morgan fingerprint density at radius 1 is 1.25 bits per heavy atom. The summed E-state index contributed by atoms with van der Waals surface area (Å²) in [5.41, 5.74) is 0. The summed E-state index contributed by atoms with van der Waals surface area (Å²) in [4.78, 5) is 4.55. The molecule has 0 bridgehead atoms. The van der Waals surface area contributed by atoms with Crippen LogP contribution >= 0.6 is 24.0 Å². The largest absolute Gasteiger partial charge is 0.380 e. The molecule has 2 N–H and O–H groups in total. The van der Waals surface area contributed by atoms with Gasteiger partial charge in [0.25, 0.3) is 0 Å². The van der Waals surface area contributed by atoms with Gasteiger partial charge < -0.3 is 24.8 Å². The van der Waals surface area contributed by atoms with E-state index in [-0.39, 0.29) is 30.1 Å². The summed E-state index contributed by atoms with van der Waals surface area (Å²) >= 11 is 0. The van der Waals surface area contributed by atoms with Crippen molar-refractivity contribution in [2.24, 2.45) is 10.9 Å². The SMILES string of the molecule is CCNC(=NCCCOC1CCOC1)NCCOCCC(C)C.I. The van der Waals surface area contributed by atoms with Crippen molar-refractivity contribution in [3.63, 3.8) is 0 Å². The van der Waals surface area contributed by atoms with Gasteiger partial charge in [-0.3, -0.25) is 4.99 Å². The van der Waals surface area contributed by atoms with Crippen LogP contribution < -0.4 is 10.6 Å². The van der Waals surface area contributed by atoms with Gasteiger partial charge in [-0.25, -0.2) is 0 Å². The molecule has 1 rings (SSSR count). The zero-order valence-electron chi connectivity index (χ0n) is 15.5. The molecule has 0 aliphatic carbocycles. The number of guanidine groups is 1. The molecular formula is C17H36IN3O3. The van der Waals surface area contributed by atoms with Crippen LogP contribution in [0.3, 0.4) is 0 Å². The Morgan fingerprint density at radius 3 is 2.75 bits per heavy atom. The second kappa shape index (κ2) is 16.4. The molecule has 1 aliphatic rings. The number of rotatable bonds is 12. The van der Waals surface area contributed by atoms with E-state index in [1.165, 1.54) is 0 Å². The molecule has 0 aromatic carbocycles. The van der Waals surface area contributed by atoms with Gasteiger partial charge in [0.15, 0.2) is 5.96 Å². The summed E-state index contributed by atoms with van der Waals surface area (Å²) in [6, 6.07) is 0. The Balaban J connectivity index is 0.00000529. The molecule has 0 radical (unpaired) electrons. The van der Waals surface area contributed by atoms with Gasteiger partial charge in [-0.1, -0.05) is 13.8 Å². The highest BCUT2D eigenvalue weighted by atomic mass is 127. The summed E-state index contributed by atoms with van der Waals surface area (Å²) in [6.45, 7) is 12.7. The van der Waals surface area contributed by atoms with Gasteiger partial charge in [-0.2, -0.15) is 0 Å². The maximum Gasteiger partial charge on any atom is 0.191 e. The van der Waals surface area contributed by atoms with Crippen LogP contribution in [0.2, 0.25) is 0 Å². The van der Waals surface area contributed by atoms with Crippen molar-refractivity contribution in [1.82, 2.24) is 10.6 Å². The first-order chi connectivity index (χ1) is 11.2. The molecule has 1 atom stereocenters. The highest BCUT2D eigenvalue weighted by molar-refractivity contribution is 14.0. The lowest BCUT2D eigenvalue weighted by molar-refractivity contribution is 0.0424. The number of hydrogen-bond acceptors (Lipinski definition) is 4. The fraction of sp³-hybridized carbons (Fsp3) is 0.941. The average molecular weight is 457 g/mol. The lowest BCUT2D eigenvalue weighted by Gasteiger charge is -2.12. The summed E-state index contributed by atoms with van der Waals surface area (Å²) in [6.07, 6.45) is 3.34. The van der Waals surface area contributed by atoms with E-state index in [0.717, 1.165) is 71.3 Å². The van der Waals surface area contributed by atoms with Gasteiger partial charge >= 0.3 is 0 Å². The minimum absolute atomic E-state index is 0. The smallest absolute Gasteiger partial charge is 0.191 e.